The highest BCUT2D eigenvalue weighted by molar-refractivity contribution is 6.21. The average molecular weight is 387 g/mol. The molecular weight excluding hydrogens is 366 g/mol. The van der Waals surface area contributed by atoms with Crippen LogP contribution in [0.25, 0.3) is 10.8 Å². The summed E-state index contributed by atoms with van der Waals surface area (Å²) < 4.78 is 5.35. The third-order valence-corrected chi connectivity index (χ3v) is 5.13. The van der Waals surface area contributed by atoms with Crippen LogP contribution in [0.2, 0.25) is 0 Å². The number of nitrogens with zero attached hydrogens (tertiary/aromatic N) is 1. The van der Waals surface area contributed by atoms with E-state index < -0.39 is 0 Å². The molecule has 0 spiro atoms. The van der Waals surface area contributed by atoms with Crippen molar-refractivity contribution in [3.05, 3.63) is 83.4 Å². The zero-order valence-corrected chi connectivity index (χ0v) is 16.0. The molecule has 146 valence electrons. The molecule has 3 aromatic carbocycles. The molecule has 0 fully saturated rings. The van der Waals surface area contributed by atoms with E-state index >= 15 is 0 Å². The molecule has 0 saturated carbocycles. The number of carbonyl (C=O) groups is 3. The topological polar surface area (TPSA) is 63.7 Å². The van der Waals surface area contributed by atoms with Gasteiger partial charge in [-0.3, -0.25) is 19.3 Å². The Morgan fingerprint density at radius 3 is 2.21 bits per heavy atom. The summed E-state index contributed by atoms with van der Waals surface area (Å²) in [5.41, 5.74) is 1.86. The van der Waals surface area contributed by atoms with Gasteiger partial charge >= 0.3 is 5.97 Å². The van der Waals surface area contributed by atoms with Gasteiger partial charge in [-0.2, -0.15) is 0 Å². The molecular formula is C24H21NO4. The smallest absolute Gasteiger partial charge is 0.310 e. The van der Waals surface area contributed by atoms with Gasteiger partial charge in [-0.1, -0.05) is 54.6 Å². The first-order chi connectivity index (χ1) is 14.1. The van der Waals surface area contributed by atoms with Crippen molar-refractivity contribution in [2.75, 3.05) is 13.2 Å². The number of esters is 1. The molecule has 0 N–H and O–H groups in total. The van der Waals surface area contributed by atoms with E-state index in [0.29, 0.717) is 30.5 Å². The second-order valence-corrected chi connectivity index (χ2v) is 7.05. The van der Waals surface area contributed by atoms with E-state index in [2.05, 4.69) is 0 Å². The number of amides is 2. The summed E-state index contributed by atoms with van der Waals surface area (Å²) in [5, 5.41) is 2.15. The van der Waals surface area contributed by atoms with Crippen molar-refractivity contribution >= 4 is 28.6 Å². The van der Waals surface area contributed by atoms with Gasteiger partial charge in [-0.15, -0.1) is 0 Å². The van der Waals surface area contributed by atoms with Crippen LogP contribution in [-0.2, 0) is 16.0 Å². The average Bonchev–Trinajstić information content (AvgIpc) is 2.99. The Kier molecular flexibility index (Phi) is 5.38. The summed E-state index contributed by atoms with van der Waals surface area (Å²) in [5.74, 6) is -0.779. The lowest BCUT2D eigenvalue weighted by molar-refractivity contribution is -0.142. The number of benzene rings is 3. The molecule has 1 aliphatic heterocycles. The Bertz CT molecular complexity index is 1050. The van der Waals surface area contributed by atoms with E-state index in [9.17, 15) is 14.4 Å². The fourth-order valence-electron chi connectivity index (χ4n) is 3.65. The van der Waals surface area contributed by atoms with Crippen LogP contribution >= 0.6 is 0 Å². The van der Waals surface area contributed by atoms with Crippen molar-refractivity contribution in [1.82, 2.24) is 4.90 Å². The van der Waals surface area contributed by atoms with Crippen LogP contribution in [0.3, 0.4) is 0 Å². The van der Waals surface area contributed by atoms with Crippen molar-refractivity contribution in [2.24, 2.45) is 0 Å². The summed E-state index contributed by atoms with van der Waals surface area (Å²) in [7, 11) is 0. The molecule has 0 unspecified atom stereocenters. The van der Waals surface area contributed by atoms with Gasteiger partial charge in [0.05, 0.1) is 24.2 Å². The number of unbranched alkanes of at least 4 members (excludes halogenated alkanes) is 1. The van der Waals surface area contributed by atoms with E-state index in [1.807, 2.05) is 42.5 Å². The van der Waals surface area contributed by atoms with Gasteiger partial charge in [0.15, 0.2) is 0 Å². The van der Waals surface area contributed by atoms with Crippen LogP contribution in [0.1, 0.15) is 39.1 Å². The summed E-state index contributed by atoms with van der Waals surface area (Å²) >= 11 is 0. The van der Waals surface area contributed by atoms with Crippen LogP contribution in [0.15, 0.2) is 66.7 Å². The van der Waals surface area contributed by atoms with E-state index in [4.69, 9.17) is 4.74 Å². The normalized spacial score (nSPS) is 13.0. The van der Waals surface area contributed by atoms with Gasteiger partial charge in [0.2, 0.25) is 0 Å². The van der Waals surface area contributed by atoms with Crippen LogP contribution < -0.4 is 0 Å². The summed E-state index contributed by atoms with van der Waals surface area (Å²) in [6.07, 6.45) is 1.40. The Morgan fingerprint density at radius 1 is 0.793 bits per heavy atom. The molecule has 2 amide bonds. The largest absolute Gasteiger partial charge is 0.465 e. The first kappa shape index (κ1) is 18.9. The molecule has 1 heterocycles. The van der Waals surface area contributed by atoms with Crippen molar-refractivity contribution < 1.29 is 19.1 Å². The monoisotopic (exact) mass is 387 g/mol. The van der Waals surface area contributed by atoms with Gasteiger partial charge in [-0.25, -0.2) is 0 Å². The highest BCUT2D eigenvalue weighted by Crippen LogP contribution is 2.23. The third-order valence-electron chi connectivity index (χ3n) is 5.13. The van der Waals surface area contributed by atoms with Crippen LogP contribution in [0, 0.1) is 0 Å². The Morgan fingerprint density at radius 2 is 1.45 bits per heavy atom. The predicted molar refractivity (Wildman–Crippen MR) is 110 cm³/mol. The summed E-state index contributed by atoms with van der Waals surface area (Å²) in [6, 6.07) is 20.7. The van der Waals surface area contributed by atoms with E-state index in [0.717, 1.165) is 16.3 Å². The minimum Gasteiger partial charge on any atom is -0.465 e. The molecule has 5 heteroatoms. The summed E-state index contributed by atoms with van der Waals surface area (Å²) in [4.78, 5) is 38.1. The first-order valence-corrected chi connectivity index (χ1v) is 9.72. The molecule has 0 aromatic heterocycles. The van der Waals surface area contributed by atoms with Gasteiger partial charge in [0.1, 0.15) is 0 Å². The SMILES string of the molecule is O=C(Cc1cccc2ccccc12)OCCCCN1C(=O)c2ccccc2C1=O. The number of ether oxygens (including phenoxy) is 1. The van der Waals surface area contributed by atoms with Crippen molar-refractivity contribution in [3.8, 4) is 0 Å². The molecule has 0 bridgehead atoms. The van der Waals surface area contributed by atoms with Gasteiger partial charge in [0, 0.05) is 6.54 Å². The molecule has 3 aromatic rings. The fourth-order valence-corrected chi connectivity index (χ4v) is 3.65. The highest BCUT2D eigenvalue weighted by Gasteiger charge is 2.34. The molecule has 0 radical (unpaired) electrons. The van der Waals surface area contributed by atoms with E-state index in [-0.39, 0.29) is 30.8 Å². The standard InChI is InChI=1S/C24H21NO4/c26-22(16-18-10-7-9-17-8-1-2-11-19(17)18)29-15-6-5-14-25-23(27)20-12-3-4-13-21(20)24(25)28/h1-4,7-13H,5-6,14-16H2. The van der Waals surface area contributed by atoms with Crippen LogP contribution in [0.4, 0.5) is 0 Å². The second kappa shape index (κ2) is 8.27. The highest BCUT2D eigenvalue weighted by atomic mass is 16.5. The number of carbonyl (C=O) groups excluding carboxylic acids is 3. The van der Waals surface area contributed by atoms with Crippen molar-refractivity contribution in [3.63, 3.8) is 0 Å². The number of rotatable bonds is 7. The maximum Gasteiger partial charge on any atom is 0.310 e. The molecule has 1 aliphatic rings. The minimum atomic E-state index is -0.276. The van der Waals surface area contributed by atoms with Crippen molar-refractivity contribution in [2.45, 2.75) is 19.3 Å². The van der Waals surface area contributed by atoms with Gasteiger partial charge in [-0.05, 0) is 41.3 Å². The molecule has 4 rings (SSSR count). The first-order valence-electron chi connectivity index (χ1n) is 9.72. The van der Waals surface area contributed by atoms with Gasteiger partial charge < -0.3 is 4.74 Å². The Labute approximate surface area is 168 Å². The number of imide groups is 1. The van der Waals surface area contributed by atoms with Crippen LogP contribution in [-0.4, -0.2) is 35.8 Å². The lowest BCUT2D eigenvalue weighted by Gasteiger charge is -2.13. The van der Waals surface area contributed by atoms with E-state index in [1.165, 1.54) is 4.90 Å². The minimum absolute atomic E-state index is 0.222. The molecule has 0 atom stereocenters. The maximum atomic E-state index is 12.3. The molecule has 0 saturated heterocycles. The zero-order chi connectivity index (χ0) is 20.2. The van der Waals surface area contributed by atoms with Crippen LogP contribution in [0.5, 0.6) is 0 Å². The Balaban J connectivity index is 1.24. The molecule has 5 nitrogen and oxygen atoms in total. The molecule has 29 heavy (non-hydrogen) atoms. The number of hydrogen-bond donors (Lipinski definition) is 0. The second-order valence-electron chi connectivity index (χ2n) is 7.05. The number of hydrogen-bond acceptors (Lipinski definition) is 4. The Hall–Kier alpha value is -3.47. The maximum absolute atomic E-state index is 12.3. The third kappa shape index (κ3) is 3.90. The van der Waals surface area contributed by atoms with Crippen molar-refractivity contribution in [1.29, 1.82) is 0 Å². The zero-order valence-electron chi connectivity index (χ0n) is 16.0. The van der Waals surface area contributed by atoms with E-state index in [1.54, 1.807) is 24.3 Å². The number of fused-ring (bicyclic) bond motifs is 2. The quantitative estimate of drug-likeness (QED) is 0.349. The fraction of sp³-hybridized carbons (Fsp3) is 0.208. The lowest BCUT2D eigenvalue weighted by atomic mass is 10.0. The lowest BCUT2D eigenvalue weighted by Crippen LogP contribution is -2.30. The summed E-state index contributed by atoms with van der Waals surface area (Å²) in [6.45, 7) is 0.597. The van der Waals surface area contributed by atoms with Gasteiger partial charge in [0.25, 0.3) is 11.8 Å². The molecule has 0 aliphatic carbocycles. The predicted octanol–water partition coefficient (Wildman–Crippen LogP) is 4.00.